The van der Waals surface area contributed by atoms with E-state index in [2.05, 4.69) is 0 Å². The molecule has 0 radical (unpaired) electrons. The minimum Gasteiger partial charge on any atom is -0.550 e. The average Bonchev–Trinajstić information content (AvgIpc) is 2.50. The van der Waals surface area contributed by atoms with Crippen LogP contribution in [0.2, 0.25) is 0 Å². The van der Waals surface area contributed by atoms with Crippen molar-refractivity contribution in [3.8, 4) is 0 Å². The minimum absolute atomic E-state index is 0.144. The number of aliphatic hydroxyl groups is 1. The van der Waals surface area contributed by atoms with E-state index < -0.39 is 40.6 Å². The number of carboxylic acid groups (broad SMARTS) is 2. The van der Waals surface area contributed by atoms with Crippen molar-refractivity contribution < 1.29 is 38.1 Å². The number of carboxylic acids is 2. The molecule has 114 valence electrons. The average molecular weight is 294 g/mol. The summed E-state index contributed by atoms with van der Waals surface area (Å²) in [7, 11) is 0. The summed E-state index contributed by atoms with van der Waals surface area (Å²) in [6.07, 6.45) is -5.53. The Labute approximate surface area is 112 Å². The van der Waals surface area contributed by atoms with Gasteiger partial charge in [-0.15, -0.1) is 0 Å². The summed E-state index contributed by atoms with van der Waals surface area (Å²) in [6, 6.07) is 0. The number of carbonyl (C=O) groups is 2. The second kappa shape index (κ2) is 4.68. The van der Waals surface area contributed by atoms with E-state index in [1.165, 1.54) is 13.8 Å². The van der Waals surface area contributed by atoms with Gasteiger partial charge in [-0.25, -0.2) is 0 Å². The summed E-state index contributed by atoms with van der Waals surface area (Å²) in [5.74, 6) is -6.73. The van der Waals surface area contributed by atoms with Crippen molar-refractivity contribution >= 4 is 11.9 Å². The predicted molar refractivity (Wildman–Crippen MR) is 55.7 cm³/mol. The van der Waals surface area contributed by atoms with Crippen LogP contribution >= 0.6 is 0 Å². The molecule has 0 aromatic rings. The highest BCUT2D eigenvalue weighted by atomic mass is 19.4. The first kappa shape index (κ1) is 16.3. The van der Waals surface area contributed by atoms with Gasteiger partial charge in [0.15, 0.2) is 5.76 Å². The lowest BCUT2D eigenvalue weighted by molar-refractivity contribution is -0.324. The van der Waals surface area contributed by atoms with Gasteiger partial charge < -0.3 is 24.9 Å². The molecule has 1 saturated carbocycles. The van der Waals surface area contributed by atoms with Crippen LogP contribution in [0.3, 0.4) is 0 Å². The van der Waals surface area contributed by atoms with Gasteiger partial charge in [-0.2, -0.15) is 13.2 Å². The normalized spacial score (nSPS) is 30.2. The first-order chi connectivity index (χ1) is 8.86. The summed E-state index contributed by atoms with van der Waals surface area (Å²) in [5, 5.41) is 31.3. The zero-order valence-corrected chi connectivity index (χ0v) is 10.8. The Morgan fingerprint density at radius 3 is 2.10 bits per heavy atom. The Morgan fingerprint density at radius 2 is 1.80 bits per heavy atom. The van der Waals surface area contributed by atoms with E-state index in [-0.39, 0.29) is 18.9 Å². The van der Waals surface area contributed by atoms with Gasteiger partial charge in [0, 0.05) is 17.3 Å². The number of alkyl halides is 3. The van der Waals surface area contributed by atoms with Crippen molar-refractivity contribution in [2.45, 2.75) is 32.9 Å². The molecule has 5 nitrogen and oxygen atoms in total. The molecule has 0 amide bonds. The Bertz CT molecular complexity index is 466. The molecule has 0 aliphatic heterocycles. The van der Waals surface area contributed by atoms with E-state index in [4.69, 9.17) is 5.11 Å². The lowest BCUT2D eigenvalue weighted by Gasteiger charge is -2.43. The maximum atomic E-state index is 12.4. The maximum absolute atomic E-state index is 12.4. The van der Waals surface area contributed by atoms with Gasteiger partial charge in [-0.1, -0.05) is 13.8 Å². The van der Waals surface area contributed by atoms with E-state index in [1.54, 1.807) is 0 Å². The van der Waals surface area contributed by atoms with Crippen molar-refractivity contribution in [2.24, 2.45) is 16.7 Å². The highest BCUT2D eigenvalue weighted by Crippen LogP contribution is 2.57. The summed E-state index contributed by atoms with van der Waals surface area (Å²) in [5.41, 5.74) is -3.82. The predicted octanol–water partition coefficient (Wildman–Crippen LogP) is -0.0870. The molecule has 0 aromatic heterocycles. The summed E-state index contributed by atoms with van der Waals surface area (Å²) < 4.78 is 37.1. The first-order valence-electron chi connectivity index (χ1n) is 5.77. The number of hydrogen-bond acceptors (Lipinski definition) is 5. The fraction of sp³-hybridized carbons (Fsp3) is 0.667. The number of halogens is 3. The highest BCUT2D eigenvalue weighted by Gasteiger charge is 2.56. The molecule has 2 unspecified atom stereocenters. The quantitative estimate of drug-likeness (QED) is 0.733. The maximum Gasteiger partial charge on any atom is 0.448 e. The van der Waals surface area contributed by atoms with E-state index in [9.17, 15) is 33.0 Å². The van der Waals surface area contributed by atoms with Crippen molar-refractivity contribution in [2.75, 3.05) is 0 Å². The van der Waals surface area contributed by atoms with Gasteiger partial charge in [-0.05, 0) is 24.3 Å². The summed E-state index contributed by atoms with van der Waals surface area (Å²) in [4.78, 5) is 22.3. The molecule has 0 heterocycles. The van der Waals surface area contributed by atoms with Crippen LogP contribution in [0.4, 0.5) is 13.2 Å². The van der Waals surface area contributed by atoms with Gasteiger partial charge >= 0.3 is 6.18 Å². The third kappa shape index (κ3) is 2.34. The van der Waals surface area contributed by atoms with Crippen molar-refractivity contribution in [1.29, 1.82) is 0 Å². The fourth-order valence-corrected chi connectivity index (χ4v) is 2.78. The minimum atomic E-state index is -5.11. The van der Waals surface area contributed by atoms with Crippen LogP contribution in [0.1, 0.15) is 26.7 Å². The monoisotopic (exact) mass is 294 g/mol. The molecular weight excluding hydrogens is 281 g/mol. The van der Waals surface area contributed by atoms with Crippen LogP contribution < -0.4 is 10.2 Å². The summed E-state index contributed by atoms with van der Waals surface area (Å²) >= 11 is 0. The standard InChI is InChI=1S/C12H15F3O5/c1-10(2)6(8(17)18)3-4-11(10,9(19)20)5-7(16)12(13,14)15/h5-6,16H,3-4H2,1-2H3,(H,17,18)(H,19,20)/p-2. The van der Waals surface area contributed by atoms with Gasteiger partial charge in [0.25, 0.3) is 0 Å². The third-order valence-electron chi connectivity index (χ3n) is 4.17. The van der Waals surface area contributed by atoms with E-state index in [0.717, 1.165) is 0 Å². The Kier molecular flexibility index (Phi) is 3.82. The number of allylic oxidation sites excluding steroid dienone is 1. The molecule has 1 rings (SSSR count). The second-order valence-electron chi connectivity index (χ2n) is 5.42. The largest absolute Gasteiger partial charge is 0.550 e. The van der Waals surface area contributed by atoms with Gasteiger partial charge in [0.2, 0.25) is 0 Å². The van der Waals surface area contributed by atoms with Crippen LogP contribution in [0.15, 0.2) is 11.8 Å². The smallest absolute Gasteiger partial charge is 0.448 e. The highest BCUT2D eigenvalue weighted by molar-refractivity contribution is 5.80. The SMILES string of the molecule is CC1(C)C(C(=O)[O-])CCC1(C=C(O)C(F)(F)F)C(=O)[O-]. The molecule has 20 heavy (non-hydrogen) atoms. The van der Waals surface area contributed by atoms with Gasteiger partial charge in [0.1, 0.15) is 0 Å². The molecule has 1 aliphatic rings. The van der Waals surface area contributed by atoms with Crippen molar-refractivity contribution in [3.63, 3.8) is 0 Å². The van der Waals surface area contributed by atoms with Crippen LogP contribution in [-0.2, 0) is 9.59 Å². The topological polar surface area (TPSA) is 100 Å². The third-order valence-corrected chi connectivity index (χ3v) is 4.17. The molecule has 0 bridgehead atoms. The summed E-state index contributed by atoms with van der Waals surface area (Å²) in [6.45, 7) is 2.41. The first-order valence-corrected chi connectivity index (χ1v) is 5.77. The number of carbonyl (C=O) groups excluding carboxylic acids is 2. The van der Waals surface area contributed by atoms with E-state index >= 15 is 0 Å². The van der Waals surface area contributed by atoms with Crippen molar-refractivity contribution in [1.82, 2.24) is 0 Å². The molecule has 0 saturated heterocycles. The van der Waals surface area contributed by atoms with Crippen LogP contribution in [0.5, 0.6) is 0 Å². The number of aliphatic carboxylic acids is 2. The Balaban J connectivity index is 3.40. The van der Waals surface area contributed by atoms with E-state index in [1.807, 2.05) is 0 Å². The van der Waals surface area contributed by atoms with E-state index in [0.29, 0.717) is 0 Å². The molecule has 1 N–H and O–H groups in total. The molecular formula is C12H13F3O5-2. The molecule has 8 heteroatoms. The van der Waals surface area contributed by atoms with Gasteiger partial charge in [0.05, 0.1) is 5.97 Å². The fourth-order valence-electron chi connectivity index (χ4n) is 2.78. The Morgan fingerprint density at radius 1 is 1.30 bits per heavy atom. The van der Waals surface area contributed by atoms with Crippen LogP contribution in [0, 0.1) is 16.7 Å². The molecule has 1 fully saturated rings. The lowest BCUT2D eigenvalue weighted by atomic mass is 9.64. The van der Waals surface area contributed by atoms with Crippen molar-refractivity contribution in [3.05, 3.63) is 11.8 Å². The van der Waals surface area contributed by atoms with Crippen LogP contribution in [0.25, 0.3) is 0 Å². The number of hydrogen-bond donors (Lipinski definition) is 1. The molecule has 2 atom stereocenters. The second-order valence-corrected chi connectivity index (χ2v) is 5.42. The zero-order valence-electron chi connectivity index (χ0n) is 10.8. The van der Waals surface area contributed by atoms with Gasteiger partial charge in [-0.3, -0.25) is 0 Å². The molecule has 1 aliphatic carbocycles. The zero-order chi connectivity index (χ0) is 15.9. The number of aliphatic hydroxyl groups excluding tert-OH is 1. The Hall–Kier alpha value is -1.73. The lowest BCUT2D eigenvalue weighted by Crippen LogP contribution is -2.52. The molecule has 0 aromatic carbocycles. The molecule has 0 spiro atoms. The van der Waals surface area contributed by atoms with Crippen LogP contribution in [-0.4, -0.2) is 23.2 Å². The number of rotatable bonds is 3.